The summed E-state index contributed by atoms with van der Waals surface area (Å²) in [6.07, 6.45) is 5.49. The summed E-state index contributed by atoms with van der Waals surface area (Å²) in [7, 11) is -9.89. The molecular formula is C20H21Cl2CuN5O8. The molecule has 0 spiro atoms. The normalized spacial score (nSPS) is 10.1. The van der Waals surface area contributed by atoms with E-state index in [0.717, 1.165) is 36.7 Å². The van der Waals surface area contributed by atoms with Crippen LogP contribution >= 0.6 is 0 Å². The minimum Gasteiger partial charge on any atom is -0.286 e. The van der Waals surface area contributed by atoms with Crippen LogP contribution in [0.1, 0.15) is 24.0 Å². The Morgan fingerprint density at radius 3 is 1.03 bits per heavy atom. The second-order valence-electron chi connectivity index (χ2n) is 6.09. The first-order valence-electron chi connectivity index (χ1n) is 9.28. The average Bonchev–Trinajstić information content (AvgIpc) is 2.74. The van der Waals surface area contributed by atoms with Crippen LogP contribution < -0.4 is 37.3 Å². The Bertz CT molecular complexity index is 840. The standard InChI is InChI=1S/C18H18N4.C2H3N.2ClHO4.Cu/c1-4-10-19-16(7-1)13-22(14-17-8-2-5-11-20-17)15-18-9-3-6-12-21-18;1-2-3;2*2-1(3,4)5;/h1-12H,13-15H2;1H3;2*(H,2,3,4,5);/q;;;;+2/p-2. The molecule has 0 bridgehead atoms. The molecule has 16 heteroatoms. The van der Waals surface area contributed by atoms with Gasteiger partial charge >= 0.3 is 17.1 Å². The minimum atomic E-state index is -4.94. The van der Waals surface area contributed by atoms with Crippen molar-refractivity contribution >= 4 is 0 Å². The third kappa shape index (κ3) is 26.3. The topological polar surface area (TPSA) is 250 Å². The van der Waals surface area contributed by atoms with Crippen molar-refractivity contribution in [3.8, 4) is 6.07 Å². The third-order valence-electron chi connectivity index (χ3n) is 3.34. The first-order chi connectivity index (χ1) is 16.3. The molecule has 0 aromatic carbocycles. The van der Waals surface area contributed by atoms with Gasteiger partial charge in [0, 0.05) is 45.1 Å². The summed E-state index contributed by atoms with van der Waals surface area (Å²) in [5, 5.41) is 7.32. The molecule has 0 fully saturated rings. The Morgan fingerprint density at radius 1 is 0.639 bits per heavy atom. The molecule has 0 aliphatic heterocycles. The zero-order chi connectivity index (χ0) is 26.7. The summed E-state index contributed by atoms with van der Waals surface area (Å²) in [4.78, 5) is 15.6. The Morgan fingerprint density at radius 2 is 0.861 bits per heavy atom. The summed E-state index contributed by atoms with van der Waals surface area (Å²) >= 11 is 0. The fraction of sp³-hybridized carbons (Fsp3) is 0.200. The summed E-state index contributed by atoms with van der Waals surface area (Å²) in [5.41, 5.74) is 3.15. The summed E-state index contributed by atoms with van der Waals surface area (Å²) < 4.78 is 67.9. The van der Waals surface area contributed by atoms with Crippen molar-refractivity contribution in [1.82, 2.24) is 19.9 Å². The van der Waals surface area contributed by atoms with Gasteiger partial charge in [-0.3, -0.25) is 19.9 Å². The molecule has 0 aliphatic carbocycles. The van der Waals surface area contributed by atoms with Gasteiger partial charge in [0.15, 0.2) is 0 Å². The van der Waals surface area contributed by atoms with E-state index >= 15 is 0 Å². The van der Waals surface area contributed by atoms with E-state index < -0.39 is 20.5 Å². The molecule has 0 aliphatic rings. The molecule has 3 rings (SSSR count). The maximum absolute atomic E-state index is 8.49. The smallest absolute Gasteiger partial charge is 0.286 e. The number of halogens is 2. The maximum Gasteiger partial charge on any atom is 2.00 e. The zero-order valence-corrected chi connectivity index (χ0v) is 21.1. The quantitative estimate of drug-likeness (QED) is 0.242. The molecule has 1 radical (unpaired) electrons. The Labute approximate surface area is 222 Å². The van der Waals surface area contributed by atoms with Gasteiger partial charge in [-0.2, -0.15) is 5.26 Å². The van der Waals surface area contributed by atoms with Gasteiger partial charge in [-0.25, -0.2) is 37.3 Å². The van der Waals surface area contributed by atoms with E-state index in [1.807, 2.05) is 73.2 Å². The van der Waals surface area contributed by atoms with E-state index in [9.17, 15) is 0 Å². The number of nitriles is 1. The number of hydrogen-bond acceptors (Lipinski definition) is 13. The maximum atomic E-state index is 8.49. The van der Waals surface area contributed by atoms with Gasteiger partial charge in [-0.05, 0) is 36.4 Å². The van der Waals surface area contributed by atoms with Crippen LogP contribution in [0.5, 0.6) is 0 Å². The Balaban J connectivity index is 0. The molecule has 0 atom stereocenters. The van der Waals surface area contributed by atoms with E-state index in [2.05, 4.69) is 19.9 Å². The van der Waals surface area contributed by atoms with Gasteiger partial charge in [0.1, 0.15) is 0 Å². The average molecular weight is 594 g/mol. The van der Waals surface area contributed by atoms with Crippen LogP contribution in [0.25, 0.3) is 0 Å². The van der Waals surface area contributed by atoms with Gasteiger partial charge in [0.05, 0.1) is 23.2 Å². The van der Waals surface area contributed by atoms with Gasteiger partial charge in [0.2, 0.25) is 0 Å². The number of aromatic nitrogens is 3. The molecular weight excluding hydrogens is 573 g/mol. The van der Waals surface area contributed by atoms with Crippen LogP contribution in [-0.4, -0.2) is 19.9 Å². The molecule has 0 unspecified atom stereocenters. The van der Waals surface area contributed by atoms with E-state index in [0.29, 0.717) is 0 Å². The Hall–Kier alpha value is -2.32. The molecule has 36 heavy (non-hydrogen) atoms. The first-order valence-corrected chi connectivity index (χ1v) is 11.7. The van der Waals surface area contributed by atoms with E-state index in [1.54, 1.807) is 6.07 Å². The van der Waals surface area contributed by atoms with Gasteiger partial charge in [-0.1, -0.05) is 18.2 Å². The summed E-state index contributed by atoms with van der Waals surface area (Å²) in [6.45, 7) is 3.75. The predicted octanol–water partition coefficient (Wildman–Crippen LogP) is -5.91. The van der Waals surface area contributed by atoms with Crippen molar-refractivity contribution < 1.29 is 74.8 Å². The summed E-state index contributed by atoms with van der Waals surface area (Å²) in [6, 6.07) is 19.7. The van der Waals surface area contributed by atoms with Gasteiger partial charge in [0.25, 0.3) is 0 Å². The fourth-order valence-corrected chi connectivity index (χ4v) is 2.33. The molecule has 13 nitrogen and oxygen atoms in total. The van der Waals surface area contributed by atoms with Crippen molar-refractivity contribution in [2.24, 2.45) is 0 Å². The number of hydrogen-bond donors (Lipinski definition) is 0. The molecule has 0 saturated carbocycles. The van der Waals surface area contributed by atoms with Gasteiger partial charge in [-0.15, -0.1) is 20.5 Å². The van der Waals surface area contributed by atoms with Crippen LogP contribution in [0.4, 0.5) is 0 Å². The van der Waals surface area contributed by atoms with Crippen molar-refractivity contribution in [2.45, 2.75) is 26.6 Å². The fourth-order valence-electron chi connectivity index (χ4n) is 2.33. The van der Waals surface area contributed by atoms with Crippen molar-refractivity contribution in [1.29, 1.82) is 5.26 Å². The van der Waals surface area contributed by atoms with E-state index in [-0.39, 0.29) is 17.1 Å². The van der Waals surface area contributed by atoms with Crippen molar-refractivity contribution in [3.05, 3.63) is 90.3 Å². The molecule has 0 saturated heterocycles. The molecule has 3 aromatic heterocycles. The Kier molecular flexibility index (Phi) is 19.7. The van der Waals surface area contributed by atoms with Crippen LogP contribution in [0.3, 0.4) is 0 Å². The number of nitrogens with zero attached hydrogens (tertiary/aromatic N) is 5. The van der Waals surface area contributed by atoms with E-state index in [1.165, 1.54) is 6.92 Å². The van der Waals surface area contributed by atoms with Crippen LogP contribution in [0.2, 0.25) is 0 Å². The van der Waals surface area contributed by atoms with Crippen LogP contribution in [-0.2, 0) is 36.7 Å². The third-order valence-corrected chi connectivity index (χ3v) is 3.34. The summed E-state index contributed by atoms with van der Waals surface area (Å²) in [5.74, 6) is 0. The molecule has 0 amide bonds. The molecule has 3 heterocycles. The number of rotatable bonds is 6. The zero-order valence-electron chi connectivity index (χ0n) is 18.6. The second-order valence-corrected chi connectivity index (χ2v) is 7.60. The largest absolute Gasteiger partial charge is 2.00 e. The van der Waals surface area contributed by atoms with Crippen LogP contribution in [0, 0.1) is 31.8 Å². The second kappa shape index (κ2) is 19.8. The SMILES string of the molecule is CC#N.[Cu+2].[O-][Cl+3]([O-])([O-])[O-].[O-][Cl+3]([O-])([O-])[O-].c1ccc(CN(Cc2ccccn2)Cc2ccccn2)nc1. The minimum absolute atomic E-state index is 0. The van der Waals surface area contributed by atoms with Crippen molar-refractivity contribution in [2.75, 3.05) is 0 Å². The van der Waals surface area contributed by atoms with Gasteiger partial charge < -0.3 is 0 Å². The van der Waals surface area contributed by atoms with Crippen LogP contribution in [0.15, 0.2) is 73.2 Å². The molecule has 0 N–H and O–H groups in total. The monoisotopic (exact) mass is 592 g/mol. The van der Waals surface area contributed by atoms with Crippen molar-refractivity contribution in [3.63, 3.8) is 0 Å². The molecule has 3 aromatic rings. The van der Waals surface area contributed by atoms with E-state index in [4.69, 9.17) is 42.5 Å². The first kappa shape index (κ1) is 35.8. The predicted molar refractivity (Wildman–Crippen MR) is 96.9 cm³/mol. The number of pyridine rings is 3. The molecule has 199 valence electrons.